The van der Waals surface area contributed by atoms with Crippen molar-refractivity contribution in [2.45, 2.75) is 90.1 Å². The number of unbranched alkanes of at least 4 members (excludes halogenated alkanes) is 4. The van der Waals surface area contributed by atoms with Gasteiger partial charge in [-0.1, -0.05) is 44.8 Å². The Labute approximate surface area is 152 Å². The van der Waals surface area contributed by atoms with E-state index in [0.717, 1.165) is 68.9 Å². The van der Waals surface area contributed by atoms with Gasteiger partial charge in [-0.25, -0.2) is 0 Å². The van der Waals surface area contributed by atoms with Crippen molar-refractivity contribution >= 4 is 11.8 Å². The predicted octanol–water partition coefficient (Wildman–Crippen LogP) is 4.66. The molecule has 0 fully saturated rings. The lowest BCUT2D eigenvalue weighted by Gasteiger charge is -2.06. The van der Waals surface area contributed by atoms with Gasteiger partial charge in [0.15, 0.2) is 5.78 Å². The Morgan fingerprint density at radius 2 is 1.96 bits per heavy atom. The number of hydrogen-bond acceptors (Lipinski definition) is 4. The maximum Gasteiger partial charge on any atom is 0.305 e. The SMILES string of the molecule is CCCCC(O)CC=CC1=C(CCCCCCC(=O)OC)C(=O)CC1. The number of methoxy groups -OCH3 is 1. The molecule has 0 spiro atoms. The summed E-state index contributed by atoms with van der Waals surface area (Å²) in [4.78, 5) is 23.1. The molecule has 1 unspecified atom stereocenters. The molecule has 0 radical (unpaired) electrons. The molecule has 25 heavy (non-hydrogen) atoms. The van der Waals surface area contributed by atoms with E-state index in [4.69, 9.17) is 0 Å². The fraction of sp³-hybridized carbons (Fsp3) is 0.714. The molecule has 0 heterocycles. The first kappa shape index (κ1) is 21.6. The third kappa shape index (κ3) is 9.01. The lowest BCUT2D eigenvalue weighted by atomic mass is 10.0. The molecule has 0 saturated heterocycles. The Hall–Kier alpha value is -1.42. The summed E-state index contributed by atoms with van der Waals surface area (Å²) >= 11 is 0. The molecule has 0 aromatic heterocycles. The third-order valence-electron chi connectivity index (χ3n) is 4.75. The number of rotatable bonds is 13. The van der Waals surface area contributed by atoms with Crippen molar-refractivity contribution in [2.24, 2.45) is 0 Å². The van der Waals surface area contributed by atoms with Crippen molar-refractivity contribution in [3.63, 3.8) is 0 Å². The average molecular weight is 350 g/mol. The molecule has 0 aliphatic heterocycles. The fourth-order valence-corrected chi connectivity index (χ4v) is 3.16. The van der Waals surface area contributed by atoms with E-state index in [1.54, 1.807) is 0 Å². The predicted molar refractivity (Wildman–Crippen MR) is 100 cm³/mol. The van der Waals surface area contributed by atoms with Gasteiger partial charge in [0.1, 0.15) is 0 Å². The second kappa shape index (κ2) is 12.9. The number of Topliss-reactive ketones (excluding diaryl/α,β-unsaturated/α-hetero) is 1. The van der Waals surface area contributed by atoms with Crippen molar-refractivity contribution in [1.29, 1.82) is 0 Å². The summed E-state index contributed by atoms with van der Waals surface area (Å²) in [5.41, 5.74) is 2.13. The number of allylic oxidation sites excluding steroid dienone is 3. The molecular formula is C21H34O4. The van der Waals surface area contributed by atoms with E-state index >= 15 is 0 Å². The topological polar surface area (TPSA) is 63.6 Å². The normalized spacial score (nSPS) is 16.0. The van der Waals surface area contributed by atoms with Crippen molar-refractivity contribution in [3.8, 4) is 0 Å². The van der Waals surface area contributed by atoms with Crippen LogP contribution in [0.2, 0.25) is 0 Å². The highest BCUT2D eigenvalue weighted by Gasteiger charge is 2.20. The third-order valence-corrected chi connectivity index (χ3v) is 4.75. The molecule has 0 aromatic rings. The molecule has 0 bridgehead atoms. The summed E-state index contributed by atoms with van der Waals surface area (Å²) in [6.45, 7) is 2.12. The highest BCUT2D eigenvalue weighted by Crippen LogP contribution is 2.28. The van der Waals surface area contributed by atoms with Crippen LogP contribution < -0.4 is 0 Å². The summed E-state index contributed by atoms with van der Waals surface area (Å²) < 4.78 is 4.63. The van der Waals surface area contributed by atoms with Gasteiger partial charge in [-0.3, -0.25) is 9.59 Å². The van der Waals surface area contributed by atoms with Gasteiger partial charge in [0.2, 0.25) is 0 Å². The minimum Gasteiger partial charge on any atom is -0.469 e. The van der Waals surface area contributed by atoms with Crippen molar-refractivity contribution in [2.75, 3.05) is 7.11 Å². The molecule has 1 aliphatic rings. The van der Waals surface area contributed by atoms with Crippen LogP contribution in [0.1, 0.15) is 84.0 Å². The molecule has 4 heteroatoms. The van der Waals surface area contributed by atoms with E-state index in [0.29, 0.717) is 19.3 Å². The quantitative estimate of drug-likeness (QED) is 0.388. The lowest BCUT2D eigenvalue weighted by molar-refractivity contribution is -0.140. The summed E-state index contributed by atoms with van der Waals surface area (Å²) in [5, 5.41) is 9.89. The van der Waals surface area contributed by atoms with E-state index in [-0.39, 0.29) is 17.9 Å². The summed E-state index contributed by atoms with van der Waals surface area (Å²) in [7, 11) is 1.42. The van der Waals surface area contributed by atoms with Crippen LogP contribution >= 0.6 is 0 Å². The monoisotopic (exact) mass is 350 g/mol. The van der Waals surface area contributed by atoms with Gasteiger partial charge < -0.3 is 9.84 Å². The Balaban J connectivity index is 2.34. The molecular weight excluding hydrogens is 316 g/mol. The van der Waals surface area contributed by atoms with Crippen LogP contribution in [0.4, 0.5) is 0 Å². The van der Waals surface area contributed by atoms with Crippen LogP contribution in [-0.2, 0) is 14.3 Å². The molecule has 1 atom stereocenters. The minimum absolute atomic E-state index is 0.151. The van der Waals surface area contributed by atoms with Gasteiger partial charge in [0.05, 0.1) is 13.2 Å². The van der Waals surface area contributed by atoms with Gasteiger partial charge in [-0.2, -0.15) is 0 Å². The van der Waals surface area contributed by atoms with Crippen LogP contribution in [0.3, 0.4) is 0 Å². The lowest BCUT2D eigenvalue weighted by Crippen LogP contribution is -2.03. The highest BCUT2D eigenvalue weighted by atomic mass is 16.5. The van der Waals surface area contributed by atoms with E-state index < -0.39 is 0 Å². The first-order valence-electron chi connectivity index (χ1n) is 9.75. The summed E-state index contributed by atoms with van der Waals surface area (Å²) in [5.74, 6) is 0.128. The number of esters is 1. The number of ether oxygens (including phenoxy) is 1. The molecule has 142 valence electrons. The largest absolute Gasteiger partial charge is 0.469 e. The van der Waals surface area contributed by atoms with Crippen molar-refractivity contribution in [3.05, 3.63) is 23.3 Å². The number of aliphatic hydroxyl groups excluding tert-OH is 1. The van der Waals surface area contributed by atoms with Crippen LogP contribution in [0.25, 0.3) is 0 Å². The van der Waals surface area contributed by atoms with E-state index in [9.17, 15) is 14.7 Å². The van der Waals surface area contributed by atoms with Crippen molar-refractivity contribution in [1.82, 2.24) is 0 Å². The first-order chi connectivity index (χ1) is 12.1. The second-order valence-corrected chi connectivity index (χ2v) is 6.85. The molecule has 1 aliphatic carbocycles. The number of hydrogen-bond donors (Lipinski definition) is 1. The minimum atomic E-state index is -0.271. The highest BCUT2D eigenvalue weighted by molar-refractivity contribution is 5.99. The summed E-state index contributed by atoms with van der Waals surface area (Å²) in [6, 6.07) is 0. The zero-order valence-corrected chi connectivity index (χ0v) is 15.9. The molecule has 0 amide bonds. The zero-order chi connectivity index (χ0) is 18.5. The molecule has 4 nitrogen and oxygen atoms in total. The van der Waals surface area contributed by atoms with E-state index in [1.165, 1.54) is 7.11 Å². The maximum absolute atomic E-state index is 12.1. The van der Waals surface area contributed by atoms with Gasteiger partial charge in [-0.15, -0.1) is 0 Å². The first-order valence-corrected chi connectivity index (χ1v) is 9.75. The van der Waals surface area contributed by atoms with Crippen LogP contribution in [0.15, 0.2) is 23.3 Å². The van der Waals surface area contributed by atoms with Crippen molar-refractivity contribution < 1.29 is 19.4 Å². The smallest absolute Gasteiger partial charge is 0.305 e. The Bertz CT molecular complexity index is 476. The molecule has 0 saturated carbocycles. The van der Waals surface area contributed by atoms with E-state index in [2.05, 4.69) is 11.7 Å². The van der Waals surface area contributed by atoms with Gasteiger partial charge in [0.25, 0.3) is 0 Å². The number of carbonyl (C=O) groups is 2. The van der Waals surface area contributed by atoms with E-state index in [1.807, 2.05) is 12.2 Å². The Morgan fingerprint density at radius 1 is 1.20 bits per heavy atom. The van der Waals surface area contributed by atoms with Crippen LogP contribution in [-0.4, -0.2) is 30.1 Å². The summed E-state index contributed by atoms with van der Waals surface area (Å²) in [6.07, 6.45) is 14.1. The molecule has 1 rings (SSSR count). The van der Waals surface area contributed by atoms with Crippen LogP contribution in [0.5, 0.6) is 0 Å². The van der Waals surface area contributed by atoms with Gasteiger partial charge in [-0.05, 0) is 49.7 Å². The fourth-order valence-electron chi connectivity index (χ4n) is 3.16. The van der Waals surface area contributed by atoms with Gasteiger partial charge in [0, 0.05) is 12.8 Å². The number of ketones is 1. The van der Waals surface area contributed by atoms with Gasteiger partial charge >= 0.3 is 5.97 Å². The average Bonchev–Trinajstić information content (AvgIpc) is 2.95. The second-order valence-electron chi connectivity index (χ2n) is 6.85. The Morgan fingerprint density at radius 3 is 2.68 bits per heavy atom. The molecule has 1 N–H and O–H groups in total. The number of aliphatic hydroxyl groups is 1. The number of carbonyl (C=O) groups excluding carboxylic acids is 2. The Kier molecular flexibility index (Phi) is 11.1. The standard InChI is InChI=1S/C21H34O4/c1-3-4-11-18(22)12-9-10-17-15-16-20(23)19(17)13-7-5-6-8-14-21(24)25-2/h9-10,18,22H,3-8,11-16H2,1-2H3. The zero-order valence-electron chi connectivity index (χ0n) is 15.9. The van der Waals surface area contributed by atoms with Crippen LogP contribution in [0, 0.1) is 0 Å². The maximum atomic E-state index is 12.1. The molecule has 0 aromatic carbocycles.